The molecule has 1 amide bonds. The summed E-state index contributed by atoms with van der Waals surface area (Å²) in [5.41, 5.74) is 2.72. The SMILES string of the molecule is CCCNC(=O)c1cnc(N(CC)c2cccc(C)c2)nc1. The van der Waals surface area contributed by atoms with Crippen molar-refractivity contribution in [1.82, 2.24) is 15.3 Å². The molecule has 0 bridgehead atoms. The predicted octanol–water partition coefficient (Wildman–Crippen LogP) is 3.08. The predicted molar refractivity (Wildman–Crippen MR) is 88.5 cm³/mol. The minimum absolute atomic E-state index is 0.132. The van der Waals surface area contributed by atoms with Crippen LogP contribution < -0.4 is 10.2 Å². The van der Waals surface area contributed by atoms with Crippen molar-refractivity contribution in [3.05, 3.63) is 47.8 Å². The second-order valence-electron chi connectivity index (χ2n) is 5.11. The summed E-state index contributed by atoms with van der Waals surface area (Å²) in [6.45, 7) is 7.53. The van der Waals surface area contributed by atoms with Crippen LogP contribution in [0.15, 0.2) is 36.7 Å². The van der Waals surface area contributed by atoms with E-state index in [1.54, 1.807) is 12.4 Å². The molecule has 2 aromatic rings. The van der Waals surface area contributed by atoms with Crippen molar-refractivity contribution in [2.45, 2.75) is 27.2 Å². The summed E-state index contributed by atoms with van der Waals surface area (Å²) in [5, 5.41) is 2.82. The van der Waals surface area contributed by atoms with Gasteiger partial charge in [0.05, 0.1) is 5.56 Å². The number of nitrogens with zero attached hydrogens (tertiary/aromatic N) is 3. The van der Waals surface area contributed by atoms with Crippen molar-refractivity contribution in [2.75, 3.05) is 18.0 Å². The van der Waals surface area contributed by atoms with Crippen LogP contribution in [0, 0.1) is 6.92 Å². The molecule has 0 atom stereocenters. The lowest BCUT2D eigenvalue weighted by molar-refractivity contribution is 0.0953. The van der Waals surface area contributed by atoms with Crippen molar-refractivity contribution >= 4 is 17.5 Å². The van der Waals surface area contributed by atoms with Gasteiger partial charge in [-0.25, -0.2) is 9.97 Å². The second-order valence-corrected chi connectivity index (χ2v) is 5.11. The molecule has 0 unspecified atom stereocenters. The van der Waals surface area contributed by atoms with E-state index in [9.17, 15) is 4.79 Å². The van der Waals surface area contributed by atoms with Crippen LogP contribution in [0.1, 0.15) is 36.2 Å². The van der Waals surface area contributed by atoms with E-state index in [2.05, 4.69) is 34.3 Å². The molecule has 22 heavy (non-hydrogen) atoms. The van der Waals surface area contributed by atoms with Crippen LogP contribution in [0.4, 0.5) is 11.6 Å². The van der Waals surface area contributed by atoms with Gasteiger partial charge in [-0.1, -0.05) is 19.1 Å². The topological polar surface area (TPSA) is 58.1 Å². The van der Waals surface area contributed by atoms with Crippen molar-refractivity contribution in [1.29, 1.82) is 0 Å². The zero-order valence-electron chi connectivity index (χ0n) is 13.3. The zero-order chi connectivity index (χ0) is 15.9. The first-order chi connectivity index (χ1) is 10.7. The van der Waals surface area contributed by atoms with E-state index in [4.69, 9.17) is 0 Å². The summed E-state index contributed by atoms with van der Waals surface area (Å²) in [7, 11) is 0. The first-order valence-electron chi connectivity index (χ1n) is 7.60. The largest absolute Gasteiger partial charge is 0.352 e. The number of carbonyl (C=O) groups excluding carboxylic acids is 1. The first kappa shape index (κ1) is 15.9. The van der Waals surface area contributed by atoms with Crippen LogP contribution in [-0.2, 0) is 0 Å². The molecule has 1 heterocycles. The van der Waals surface area contributed by atoms with Gasteiger partial charge in [-0.15, -0.1) is 0 Å². The summed E-state index contributed by atoms with van der Waals surface area (Å²) in [6.07, 6.45) is 4.05. The fraction of sp³-hybridized carbons (Fsp3) is 0.353. The van der Waals surface area contributed by atoms with Crippen LogP contribution >= 0.6 is 0 Å². The molecule has 0 aliphatic heterocycles. The molecule has 0 saturated heterocycles. The molecule has 1 aromatic heterocycles. The lowest BCUT2D eigenvalue weighted by Gasteiger charge is -2.21. The van der Waals surface area contributed by atoms with Crippen LogP contribution in [0.2, 0.25) is 0 Å². The molecule has 0 spiro atoms. The monoisotopic (exact) mass is 298 g/mol. The molecular weight excluding hydrogens is 276 g/mol. The quantitative estimate of drug-likeness (QED) is 0.890. The molecule has 2 rings (SSSR count). The van der Waals surface area contributed by atoms with Crippen LogP contribution in [-0.4, -0.2) is 29.0 Å². The van der Waals surface area contributed by atoms with Crippen LogP contribution in [0.3, 0.4) is 0 Å². The van der Waals surface area contributed by atoms with E-state index < -0.39 is 0 Å². The Balaban J connectivity index is 2.19. The van der Waals surface area contributed by atoms with Gasteiger partial charge in [0.2, 0.25) is 5.95 Å². The maximum absolute atomic E-state index is 11.9. The third-order valence-electron chi connectivity index (χ3n) is 3.31. The van der Waals surface area contributed by atoms with Gasteiger partial charge in [-0.2, -0.15) is 0 Å². The van der Waals surface area contributed by atoms with E-state index in [0.29, 0.717) is 18.1 Å². The van der Waals surface area contributed by atoms with E-state index in [1.807, 2.05) is 30.9 Å². The molecule has 116 valence electrons. The molecule has 0 saturated carbocycles. The number of benzene rings is 1. The first-order valence-corrected chi connectivity index (χ1v) is 7.60. The molecule has 5 heteroatoms. The Morgan fingerprint density at radius 3 is 2.55 bits per heavy atom. The lowest BCUT2D eigenvalue weighted by atomic mass is 10.2. The molecule has 0 aliphatic rings. The number of nitrogens with one attached hydrogen (secondary N) is 1. The number of aromatic nitrogens is 2. The zero-order valence-corrected chi connectivity index (χ0v) is 13.3. The van der Waals surface area contributed by atoms with Gasteiger partial charge in [0.15, 0.2) is 0 Å². The highest BCUT2D eigenvalue weighted by molar-refractivity contribution is 5.93. The Kier molecular flexibility index (Phi) is 5.47. The van der Waals surface area contributed by atoms with Crippen molar-refractivity contribution in [3.8, 4) is 0 Å². The van der Waals surface area contributed by atoms with Gasteiger partial charge >= 0.3 is 0 Å². The standard InChI is InChI=1S/C17H22N4O/c1-4-9-18-16(22)14-11-19-17(20-12-14)21(5-2)15-8-6-7-13(3)10-15/h6-8,10-12H,4-5,9H2,1-3H3,(H,18,22). The molecule has 0 aliphatic carbocycles. The fourth-order valence-electron chi connectivity index (χ4n) is 2.15. The molecule has 1 aromatic carbocycles. The normalized spacial score (nSPS) is 10.3. The Labute approximate surface area is 131 Å². The Morgan fingerprint density at radius 1 is 1.23 bits per heavy atom. The van der Waals surface area contributed by atoms with E-state index in [-0.39, 0.29) is 5.91 Å². The Morgan fingerprint density at radius 2 is 1.95 bits per heavy atom. The summed E-state index contributed by atoms with van der Waals surface area (Å²) >= 11 is 0. The van der Waals surface area contributed by atoms with E-state index >= 15 is 0 Å². The van der Waals surface area contributed by atoms with Gasteiger partial charge in [0, 0.05) is 31.2 Å². The summed E-state index contributed by atoms with van der Waals surface area (Å²) in [6, 6.07) is 8.19. The van der Waals surface area contributed by atoms with Gasteiger partial charge in [0.25, 0.3) is 5.91 Å². The maximum Gasteiger partial charge on any atom is 0.254 e. The number of carbonyl (C=O) groups is 1. The summed E-state index contributed by atoms with van der Waals surface area (Å²) in [5.74, 6) is 0.465. The van der Waals surface area contributed by atoms with Crippen molar-refractivity contribution < 1.29 is 4.79 Å². The minimum atomic E-state index is -0.132. The number of anilines is 2. The molecule has 5 nitrogen and oxygen atoms in total. The number of hydrogen-bond acceptors (Lipinski definition) is 4. The second kappa shape index (κ2) is 7.54. The van der Waals surface area contributed by atoms with Gasteiger partial charge < -0.3 is 10.2 Å². The fourth-order valence-corrected chi connectivity index (χ4v) is 2.15. The number of hydrogen-bond donors (Lipinski definition) is 1. The van der Waals surface area contributed by atoms with Gasteiger partial charge in [-0.05, 0) is 38.0 Å². The highest BCUT2D eigenvalue weighted by atomic mass is 16.1. The van der Waals surface area contributed by atoms with Gasteiger partial charge in [-0.3, -0.25) is 4.79 Å². The third-order valence-corrected chi connectivity index (χ3v) is 3.31. The minimum Gasteiger partial charge on any atom is -0.352 e. The molecule has 1 N–H and O–H groups in total. The maximum atomic E-state index is 11.9. The van der Waals surface area contributed by atoms with E-state index in [1.165, 1.54) is 5.56 Å². The third kappa shape index (κ3) is 3.81. The van der Waals surface area contributed by atoms with Crippen LogP contribution in [0.5, 0.6) is 0 Å². The van der Waals surface area contributed by atoms with Crippen molar-refractivity contribution in [3.63, 3.8) is 0 Å². The molecule has 0 radical (unpaired) electrons. The lowest BCUT2D eigenvalue weighted by Crippen LogP contribution is -2.25. The number of aryl methyl sites for hydroxylation is 1. The smallest absolute Gasteiger partial charge is 0.254 e. The highest BCUT2D eigenvalue weighted by Crippen LogP contribution is 2.22. The average Bonchev–Trinajstić information content (AvgIpc) is 2.54. The molecule has 0 fully saturated rings. The number of rotatable bonds is 6. The summed E-state index contributed by atoms with van der Waals surface area (Å²) in [4.78, 5) is 22.6. The average molecular weight is 298 g/mol. The van der Waals surface area contributed by atoms with Crippen LogP contribution in [0.25, 0.3) is 0 Å². The Hall–Kier alpha value is -2.43. The molecular formula is C17H22N4O. The Bertz CT molecular complexity index is 625. The number of amides is 1. The van der Waals surface area contributed by atoms with Crippen molar-refractivity contribution in [2.24, 2.45) is 0 Å². The van der Waals surface area contributed by atoms with Gasteiger partial charge in [0.1, 0.15) is 0 Å². The summed E-state index contributed by atoms with van der Waals surface area (Å²) < 4.78 is 0. The highest BCUT2D eigenvalue weighted by Gasteiger charge is 2.12. The van der Waals surface area contributed by atoms with E-state index in [0.717, 1.165) is 18.7 Å².